The van der Waals surface area contributed by atoms with Crippen LogP contribution in [0.15, 0.2) is 48.5 Å². The summed E-state index contributed by atoms with van der Waals surface area (Å²) in [5.41, 5.74) is -6.88. The smallest absolute Gasteiger partial charge is 0.356 e. The van der Waals surface area contributed by atoms with Crippen molar-refractivity contribution in [1.29, 1.82) is 0 Å². The molecule has 4 aromatic rings. The molecular formula is C21H20N4O12. The van der Waals surface area contributed by atoms with Crippen molar-refractivity contribution in [2.75, 3.05) is 0 Å². The van der Waals surface area contributed by atoms with E-state index in [2.05, 4.69) is 0 Å². The number of carbonyl (C=O) groups is 2. The van der Waals surface area contributed by atoms with Crippen LogP contribution in [0.5, 0.6) is 47.0 Å². The van der Waals surface area contributed by atoms with E-state index < -0.39 is 76.7 Å². The van der Waals surface area contributed by atoms with Gasteiger partial charge in [-0.05, 0) is 0 Å². The van der Waals surface area contributed by atoms with Gasteiger partial charge in [0.05, 0.1) is 6.42 Å². The van der Waals surface area contributed by atoms with Gasteiger partial charge < -0.3 is 51.1 Å². The number of carboxylic acid groups (broad SMARTS) is 2. The Balaban J connectivity index is 2.47. The molecule has 0 fully saturated rings. The molecule has 10 N–H and O–H groups in total. The highest BCUT2D eigenvalue weighted by molar-refractivity contribution is 5.83. The molecule has 16 nitrogen and oxygen atoms in total. The Morgan fingerprint density at radius 1 is 0.514 bits per heavy atom. The molecule has 37 heavy (non-hydrogen) atoms. The lowest BCUT2D eigenvalue weighted by molar-refractivity contribution is -0.167. The summed E-state index contributed by atoms with van der Waals surface area (Å²) < 4.78 is 0.809. The SMILES string of the molecule is O=C(O)CC(n1c(O)ccc1O)(n1c(O)ccc1O)C(C(=O)O)(n1c(O)ccc1O)n1c(O)ccc1O. The molecule has 4 rings (SSSR count). The average molecular weight is 520 g/mol. The molecule has 0 aliphatic carbocycles. The second-order valence-electron chi connectivity index (χ2n) is 7.91. The van der Waals surface area contributed by atoms with Crippen molar-refractivity contribution < 1.29 is 60.7 Å². The first kappa shape index (κ1) is 24.6. The number of carboxylic acids is 2. The highest BCUT2D eigenvalue weighted by atomic mass is 16.4. The Morgan fingerprint density at radius 3 is 0.973 bits per heavy atom. The fraction of sp³-hybridized carbons (Fsp3) is 0.143. The Kier molecular flexibility index (Phi) is 5.32. The Bertz CT molecular complexity index is 1350. The zero-order valence-corrected chi connectivity index (χ0v) is 18.4. The van der Waals surface area contributed by atoms with Crippen LogP contribution in [0.2, 0.25) is 0 Å². The molecular weight excluding hydrogens is 500 g/mol. The first-order chi connectivity index (χ1) is 17.3. The van der Waals surface area contributed by atoms with Crippen molar-refractivity contribution >= 4 is 11.9 Å². The standard InChI is InChI=1S/C21H20N4O12/c26-10-1-2-11(27)22(10)20(9-18(34)35,23-12(28)3-4-13(23)29)21(19(36)37,24-14(30)5-6-15(24)31)25-16(32)7-8-17(25)33/h1-8,26-33H,9H2,(H,34,35)(H,36,37). The Hall–Kier alpha value is -5.54. The molecule has 4 heterocycles. The highest BCUT2D eigenvalue weighted by Crippen LogP contribution is 2.55. The van der Waals surface area contributed by atoms with Crippen LogP contribution >= 0.6 is 0 Å². The summed E-state index contributed by atoms with van der Waals surface area (Å²) in [6.07, 6.45) is -1.57. The van der Waals surface area contributed by atoms with E-state index in [9.17, 15) is 60.7 Å². The summed E-state index contributed by atoms with van der Waals surface area (Å²) in [5, 5.41) is 107. The maximum atomic E-state index is 13.5. The third kappa shape index (κ3) is 3.01. The normalized spacial score (nSPS) is 12.1. The Morgan fingerprint density at radius 2 is 0.757 bits per heavy atom. The van der Waals surface area contributed by atoms with Crippen LogP contribution in [0.4, 0.5) is 0 Å². The van der Waals surface area contributed by atoms with E-state index in [1.807, 2.05) is 0 Å². The summed E-state index contributed by atoms with van der Waals surface area (Å²) in [6.45, 7) is 0. The number of hydrogen-bond acceptors (Lipinski definition) is 10. The molecule has 0 saturated heterocycles. The van der Waals surface area contributed by atoms with Crippen LogP contribution in [0, 0.1) is 0 Å². The van der Waals surface area contributed by atoms with Crippen LogP contribution in [-0.4, -0.2) is 81.3 Å². The van der Waals surface area contributed by atoms with Gasteiger partial charge in [-0.2, -0.15) is 0 Å². The second-order valence-corrected chi connectivity index (χ2v) is 7.91. The van der Waals surface area contributed by atoms with Crippen LogP contribution in [-0.2, 0) is 20.9 Å². The molecule has 16 heteroatoms. The predicted molar refractivity (Wildman–Crippen MR) is 118 cm³/mol. The molecule has 0 bridgehead atoms. The van der Waals surface area contributed by atoms with E-state index in [0.29, 0.717) is 0 Å². The summed E-state index contributed by atoms with van der Waals surface area (Å²) in [5.74, 6) is -12.6. The number of hydrogen-bond donors (Lipinski definition) is 10. The lowest BCUT2D eigenvalue weighted by atomic mass is 9.86. The molecule has 0 spiro atoms. The molecule has 0 radical (unpaired) electrons. The zero-order chi connectivity index (χ0) is 27.4. The van der Waals surface area contributed by atoms with Gasteiger partial charge >= 0.3 is 11.9 Å². The fourth-order valence-corrected chi connectivity index (χ4v) is 4.81. The molecule has 196 valence electrons. The first-order valence-corrected chi connectivity index (χ1v) is 10.2. The average Bonchev–Trinajstić information content (AvgIpc) is 3.53. The van der Waals surface area contributed by atoms with Crippen molar-refractivity contribution in [2.45, 2.75) is 17.7 Å². The van der Waals surface area contributed by atoms with E-state index in [4.69, 9.17) is 0 Å². The van der Waals surface area contributed by atoms with Crippen LogP contribution in [0.3, 0.4) is 0 Å². The molecule has 0 amide bonds. The van der Waals surface area contributed by atoms with Crippen molar-refractivity contribution in [3.8, 4) is 47.0 Å². The summed E-state index contributed by atoms with van der Waals surface area (Å²) in [7, 11) is 0. The quantitative estimate of drug-likeness (QED) is 0.149. The number of aromatic hydroxyl groups is 8. The van der Waals surface area contributed by atoms with Gasteiger partial charge in [0.2, 0.25) is 0 Å². The molecule has 0 aliphatic rings. The second kappa shape index (κ2) is 8.01. The largest absolute Gasteiger partial charge is 0.494 e. The van der Waals surface area contributed by atoms with E-state index in [0.717, 1.165) is 48.5 Å². The van der Waals surface area contributed by atoms with E-state index in [1.54, 1.807) is 0 Å². The lowest BCUT2D eigenvalue weighted by Gasteiger charge is -2.50. The number of aromatic nitrogens is 4. The minimum atomic E-state index is -3.58. The maximum Gasteiger partial charge on any atom is 0.356 e. The predicted octanol–water partition coefficient (Wildman–Crippen LogP) is 0.199. The summed E-state index contributed by atoms with van der Waals surface area (Å²) >= 11 is 0. The lowest BCUT2D eigenvalue weighted by Crippen LogP contribution is -2.68. The van der Waals surface area contributed by atoms with E-state index >= 15 is 0 Å². The molecule has 4 aromatic heterocycles. The van der Waals surface area contributed by atoms with Crippen molar-refractivity contribution in [1.82, 2.24) is 18.3 Å². The zero-order valence-electron chi connectivity index (χ0n) is 18.4. The third-order valence-electron chi connectivity index (χ3n) is 6.00. The Labute approximate surface area is 204 Å². The summed E-state index contributed by atoms with van der Waals surface area (Å²) in [4.78, 5) is 25.8. The first-order valence-electron chi connectivity index (χ1n) is 10.2. The fourth-order valence-electron chi connectivity index (χ4n) is 4.81. The van der Waals surface area contributed by atoms with Gasteiger partial charge in [0.1, 0.15) is 0 Å². The minimum absolute atomic E-state index is 0.148. The van der Waals surface area contributed by atoms with Crippen molar-refractivity contribution in [3.63, 3.8) is 0 Å². The van der Waals surface area contributed by atoms with Gasteiger partial charge in [0, 0.05) is 48.5 Å². The number of rotatable bonds is 8. The van der Waals surface area contributed by atoms with Gasteiger partial charge in [0.25, 0.3) is 5.66 Å². The maximum absolute atomic E-state index is 13.5. The molecule has 0 atom stereocenters. The van der Waals surface area contributed by atoms with Crippen LogP contribution in [0.1, 0.15) is 6.42 Å². The minimum Gasteiger partial charge on any atom is -0.494 e. The molecule has 0 saturated carbocycles. The molecule has 0 aromatic carbocycles. The van der Waals surface area contributed by atoms with Gasteiger partial charge in [-0.3, -0.25) is 13.9 Å². The van der Waals surface area contributed by atoms with Gasteiger partial charge in [-0.15, -0.1) is 0 Å². The van der Waals surface area contributed by atoms with E-state index in [1.165, 1.54) is 0 Å². The van der Waals surface area contributed by atoms with Gasteiger partial charge in [0.15, 0.2) is 52.7 Å². The van der Waals surface area contributed by atoms with Gasteiger partial charge in [-0.25, -0.2) is 13.9 Å². The highest BCUT2D eigenvalue weighted by Gasteiger charge is 2.69. The third-order valence-corrected chi connectivity index (χ3v) is 6.00. The van der Waals surface area contributed by atoms with Crippen LogP contribution in [0.25, 0.3) is 0 Å². The van der Waals surface area contributed by atoms with E-state index in [-0.39, 0.29) is 18.3 Å². The topological polar surface area (TPSA) is 256 Å². The number of nitrogens with zero attached hydrogens (tertiary/aromatic N) is 4. The summed E-state index contributed by atoms with van der Waals surface area (Å²) in [6, 6.07) is 6.34. The van der Waals surface area contributed by atoms with Crippen molar-refractivity contribution in [2.24, 2.45) is 0 Å². The molecule has 0 unspecified atom stereocenters. The monoisotopic (exact) mass is 520 g/mol. The number of aliphatic carboxylic acids is 2. The molecule has 0 aliphatic heterocycles. The van der Waals surface area contributed by atoms with Gasteiger partial charge in [-0.1, -0.05) is 0 Å². The van der Waals surface area contributed by atoms with Crippen molar-refractivity contribution in [3.05, 3.63) is 48.5 Å². The van der Waals surface area contributed by atoms with Crippen LogP contribution < -0.4 is 0 Å².